The van der Waals surface area contributed by atoms with Crippen molar-refractivity contribution in [3.63, 3.8) is 0 Å². The van der Waals surface area contributed by atoms with E-state index in [1.807, 2.05) is 6.92 Å². The van der Waals surface area contributed by atoms with Crippen molar-refractivity contribution in [3.8, 4) is 0 Å². The first-order chi connectivity index (χ1) is 7.63. The van der Waals surface area contributed by atoms with Crippen molar-refractivity contribution in [1.82, 2.24) is 10.6 Å². The molecule has 16 heavy (non-hydrogen) atoms. The first-order valence-corrected chi connectivity index (χ1v) is 5.84. The van der Waals surface area contributed by atoms with E-state index >= 15 is 0 Å². The van der Waals surface area contributed by atoms with Gasteiger partial charge in [-0.15, -0.1) is 0 Å². The minimum absolute atomic E-state index is 0.138. The number of hydrogen-bond donors (Lipinski definition) is 2. The van der Waals surface area contributed by atoms with E-state index in [-0.39, 0.29) is 24.8 Å². The van der Waals surface area contributed by atoms with Crippen LogP contribution >= 0.6 is 15.9 Å². The lowest BCUT2D eigenvalue weighted by molar-refractivity contribution is -0.120. The van der Waals surface area contributed by atoms with Crippen molar-refractivity contribution in [3.05, 3.63) is 34.1 Å². The maximum absolute atomic E-state index is 13.3. The van der Waals surface area contributed by atoms with Crippen LogP contribution < -0.4 is 10.6 Å². The second-order valence-corrected chi connectivity index (χ2v) is 4.21. The number of halogens is 2. The highest BCUT2D eigenvalue weighted by atomic mass is 79.9. The van der Waals surface area contributed by atoms with E-state index in [0.717, 1.165) is 11.0 Å². The van der Waals surface area contributed by atoms with Gasteiger partial charge in [0, 0.05) is 16.6 Å². The van der Waals surface area contributed by atoms with Crippen LogP contribution in [0.3, 0.4) is 0 Å². The van der Waals surface area contributed by atoms with E-state index in [0.29, 0.717) is 5.56 Å². The van der Waals surface area contributed by atoms with Crippen molar-refractivity contribution < 1.29 is 9.18 Å². The summed E-state index contributed by atoms with van der Waals surface area (Å²) < 4.78 is 14.1. The van der Waals surface area contributed by atoms with Crippen LogP contribution in [0, 0.1) is 5.82 Å². The fraction of sp³-hybridized carbons (Fsp3) is 0.364. The molecular weight excluding hydrogens is 275 g/mol. The van der Waals surface area contributed by atoms with Gasteiger partial charge in [-0.05, 0) is 24.7 Å². The zero-order valence-corrected chi connectivity index (χ0v) is 10.6. The predicted molar refractivity (Wildman–Crippen MR) is 64.5 cm³/mol. The van der Waals surface area contributed by atoms with Gasteiger partial charge in [-0.1, -0.05) is 22.9 Å². The first kappa shape index (κ1) is 13.1. The normalized spacial score (nSPS) is 10.2. The lowest BCUT2D eigenvalue weighted by Gasteiger charge is -2.07. The Morgan fingerprint density at radius 2 is 2.25 bits per heavy atom. The van der Waals surface area contributed by atoms with Gasteiger partial charge in [0.1, 0.15) is 5.82 Å². The van der Waals surface area contributed by atoms with Gasteiger partial charge in [-0.3, -0.25) is 4.79 Å². The molecule has 0 aliphatic rings. The van der Waals surface area contributed by atoms with Crippen molar-refractivity contribution in [2.75, 3.05) is 13.1 Å². The van der Waals surface area contributed by atoms with Crippen molar-refractivity contribution in [1.29, 1.82) is 0 Å². The molecule has 1 amide bonds. The van der Waals surface area contributed by atoms with Crippen molar-refractivity contribution >= 4 is 21.8 Å². The van der Waals surface area contributed by atoms with E-state index in [1.165, 1.54) is 6.07 Å². The van der Waals surface area contributed by atoms with Crippen LogP contribution in [0.25, 0.3) is 0 Å². The molecular formula is C11H14BrFN2O. The largest absolute Gasteiger partial charge is 0.351 e. The lowest BCUT2D eigenvalue weighted by Crippen LogP contribution is -2.33. The quantitative estimate of drug-likeness (QED) is 0.868. The maximum Gasteiger partial charge on any atom is 0.234 e. The van der Waals surface area contributed by atoms with Crippen LogP contribution in [0.2, 0.25) is 0 Å². The summed E-state index contributed by atoms with van der Waals surface area (Å²) in [5.74, 6) is -0.451. The highest BCUT2D eigenvalue weighted by molar-refractivity contribution is 9.10. The average molecular weight is 289 g/mol. The number of rotatable bonds is 5. The minimum atomic E-state index is -0.313. The summed E-state index contributed by atoms with van der Waals surface area (Å²) in [5.41, 5.74) is 0.472. The van der Waals surface area contributed by atoms with E-state index in [9.17, 15) is 9.18 Å². The number of likely N-dealkylation sites (N-methyl/N-ethyl adjacent to an activating group) is 1. The molecule has 0 saturated heterocycles. The van der Waals surface area contributed by atoms with Gasteiger partial charge in [0.25, 0.3) is 0 Å². The number of carbonyl (C=O) groups excluding carboxylic acids is 1. The Kier molecular flexibility index (Phi) is 5.42. The molecule has 0 atom stereocenters. The van der Waals surface area contributed by atoms with Crippen molar-refractivity contribution in [2.45, 2.75) is 13.5 Å². The molecule has 0 aliphatic carbocycles. The van der Waals surface area contributed by atoms with Gasteiger partial charge in [-0.25, -0.2) is 4.39 Å². The van der Waals surface area contributed by atoms with Crippen LogP contribution in [-0.4, -0.2) is 19.0 Å². The summed E-state index contributed by atoms with van der Waals surface area (Å²) in [6, 6.07) is 4.65. The van der Waals surface area contributed by atoms with Gasteiger partial charge in [-0.2, -0.15) is 0 Å². The SMILES string of the molecule is CCNCC(=O)NCc1cc(Br)ccc1F. The third-order valence-corrected chi connectivity index (χ3v) is 2.51. The number of benzene rings is 1. The average Bonchev–Trinajstić information content (AvgIpc) is 2.27. The molecule has 0 unspecified atom stereocenters. The third kappa shape index (κ3) is 4.28. The fourth-order valence-corrected chi connectivity index (χ4v) is 1.58. The monoisotopic (exact) mass is 288 g/mol. The second kappa shape index (κ2) is 6.60. The minimum Gasteiger partial charge on any atom is -0.351 e. The van der Waals surface area contributed by atoms with Crippen molar-refractivity contribution in [2.24, 2.45) is 0 Å². The van der Waals surface area contributed by atoms with Gasteiger partial charge in [0.2, 0.25) is 5.91 Å². The molecule has 5 heteroatoms. The molecule has 1 aromatic carbocycles. The van der Waals surface area contributed by atoms with Crippen LogP contribution in [0.1, 0.15) is 12.5 Å². The zero-order chi connectivity index (χ0) is 12.0. The van der Waals surface area contributed by atoms with Gasteiger partial charge in [0.05, 0.1) is 6.54 Å². The Bertz CT molecular complexity index is 371. The molecule has 0 fully saturated rings. The maximum atomic E-state index is 13.3. The van der Waals surface area contributed by atoms with Crippen LogP contribution in [0.5, 0.6) is 0 Å². The van der Waals surface area contributed by atoms with Crippen LogP contribution in [0.15, 0.2) is 22.7 Å². The highest BCUT2D eigenvalue weighted by Gasteiger charge is 2.04. The van der Waals surface area contributed by atoms with E-state index in [1.54, 1.807) is 12.1 Å². The fourth-order valence-electron chi connectivity index (χ4n) is 1.17. The molecule has 0 aromatic heterocycles. The molecule has 1 rings (SSSR count). The van der Waals surface area contributed by atoms with Gasteiger partial charge >= 0.3 is 0 Å². The number of nitrogens with one attached hydrogen (secondary N) is 2. The molecule has 0 aliphatic heterocycles. The molecule has 1 aromatic rings. The Balaban J connectivity index is 2.47. The summed E-state index contributed by atoms with van der Waals surface area (Å²) in [6.07, 6.45) is 0. The standard InChI is InChI=1S/C11H14BrFN2O/c1-2-14-7-11(16)15-6-8-5-9(12)3-4-10(8)13/h3-5,14H,2,6-7H2,1H3,(H,15,16). The molecule has 0 radical (unpaired) electrons. The lowest BCUT2D eigenvalue weighted by atomic mass is 10.2. The van der Waals surface area contributed by atoms with Crippen LogP contribution in [0.4, 0.5) is 4.39 Å². The summed E-state index contributed by atoms with van der Waals surface area (Å²) in [7, 11) is 0. The number of amides is 1. The molecule has 0 spiro atoms. The molecule has 88 valence electrons. The highest BCUT2D eigenvalue weighted by Crippen LogP contribution is 2.15. The third-order valence-electron chi connectivity index (χ3n) is 2.02. The number of carbonyl (C=O) groups is 1. The predicted octanol–water partition coefficient (Wildman–Crippen LogP) is 1.81. The topological polar surface area (TPSA) is 41.1 Å². The molecule has 0 heterocycles. The molecule has 0 saturated carbocycles. The molecule has 2 N–H and O–H groups in total. The molecule has 0 bridgehead atoms. The van der Waals surface area contributed by atoms with E-state index < -0.39 is 0 Å². The Hall–Kier alpha value is -0.940. The second-order valence-electron chi connectivity index (χ2n) is 3.29. The van der Waals surface area contributed by atoms with Gasteiger partial charge < -0.3 is 10.6 Å². The smallest absolute Gasteiger partial charge is 0.234 e. The zero-order valence-electron chi connectivity index (χ0n) is 9.02. The number of hydrogen-bond acceptors (Lipinski definition) is 2. The Labute approximate surface area is 103 Å². The Morgan fingerprint density at radius 1 is 1.50 bits per heavy atom. The summed E-state index contributed by atoms with van der Waals surface area (Å²) >= 11 is 3.25. The van der Waals surface area contributed by atoms with E-state index in [2.05, 4.69) is 26.6 Å². The Morgan fingerprint density at radius 3 is 2.94 bits per heavy atom. The first-order valence-electron chi connectivity index (χ1n) is 5.04. The summed E-state index contributed by atoms with van der Waals surface area (Å²) in [4.78, 5) is 11.3. The van der Waals surface area contributed by atoms with Crippen LogP contribution in [-0.2, 0) is 11.3 Å². The molecule has 3 nitrogen and oxygen atoms in total. The van der Waals surface area contributed by atoms with E-state index in [4.69, 9.17) is 0 Å². The summed E-state index contributed by atoms with van der Waals surface area (Å²) in [5, 5.41) is 5.53. The summed E-state index contributed by atoms with van der Waals surface area (Å²) in [6.45, 7) is 3.11. The van der Waals surface area contributed by atoms with Gasteiger partial charge in [0.15, 0.2) is 0 Å².